The predicted molar refractivity (Wildman–Crippen MR) is 152 cm³/mol. The zero-order chi connectivity index (χ0) is 28.3. The minimum Gasteiger partial charge on any atom is -0.446 e. The summed E-state index contributed by atoms with van der Waals surface area (Å²) in [6, 6.07) is 15.8. The first-order valence-electron chi connectivity index (χ1n) is 14.3. The van der Waals surface area contributed by atoms with Crippen LogP contribution in [0, 0.1) is 17.8 Å². The molecule has 10 heteroatoms. The maximum atomic E-state index is 13.5. The number of hydrogen-bond acceptors (Lipinski definition) is 7. The number of fused-ring (bicyclic) bond motifs is 3. The number of amides is 1. The maximum Gasteiger partial charge on any atom is 0.407 e. The Kier molecular flexibility index (Phi) is 8.99. The molecule has 2 aliphatic heterocycles. The Labute approximate surface area is 237 Å². The van der Waals surface area contributed by atoms with Gasteiger partial charge in [0.25, 0.3) is 0 Å². The van der Waals surface area contributed by atoms with Crippen LogP contribution in [0.5, 0.6) is 0 Å². The molecule has 218 valence electrons. The molecule has 6 atom stereocenters. The number of alkyl carbamates (subject to hydrolysis) is 1. The number of nitrogens with zero attached hydrogens (tertiary/aromatic N) is 1. The van der Waals surface area contributed by atoms with Crippen molar-refractivity contribution in [3.8, 4) is 0 Å². The molecule has 40 heavy (non-hydrogen) atoms. The van der Waals surface area contributed by atoms with E-state index in [1.807, 2.05) is 44.2 Å². The second-order valence-electron chi connectivity index (χ2n) is 11.7. The van der Waals surface area contributed by atoms with Gasteiger partial charge < -0.3 is 25.3 Å². The van der Waals surface area contributed by atoms with Crippen LogP contribution in [-0.4, -0.2) is 69.5 Å². The standard InChI is InChI=1S/C30H41N3O6S/c1-20(2)17-33(40(35,36)25-10-8-22(31)9-11-25)13-12-23(14-21-6-4-3-5-7-21)32-30(34)38-24-15-26-27-18-37-19-29(27)39-28(26)16-24/h3-11,20,23-24,26-29H,12-19,31H2,1-2H3,(H,32,34). The minimum atomic E-state index is -3.73. The molecule has 6 unspecified atom stereocenters. The van der Waals surface area contributed by atoms with Crippen molar-refractivity contribution in [3.05, 3.63) is 60.2 Å². The van der Waals surface area contributed by atoms with Crippen LogP contribution < -0.4 is 11.1 Å². The molecular weight excluding hydrogens is 530 g/mol. The Morgan fingerprint density at radius 1 is 1.05 bits per heavy atom. The first-order chi connectivity index (χ1) is 19.2. The van der Waals surface area contributed by atoms with E-state index >= 15 is 0 Å². The molecule has 9 nitrogen and oxygen atoms in total. The molecule has 5 rings (SSSR count). The molecule has 3 N–H and O–H groups in total. The van der Waals surface area contributed by atoms with E-state index < -0.39 is 16.1 Å². The summed E-state index contributed by atoms with van der Waals surface area (Å²) >= 11 is 0. The lowest BCUT2D eigenvalue weighted by atomic mass is 9.90. The minimum absolute atomic E-state index is 0.125. The van der Waals surface area contributed by atoms with Gasteiger partial charge in [0, 0.05) is 37.2 Å². The predicted octanol–water partition coefficient (Wildman–Crippen LogP) is 3.84. The van der Waals surface area contributed by atoms with Gasteiger partial charge in [-0.15, -0.1) is 0 Å². The molecule has 0 aromatic heterocycles. The third kappa shape index (κ3) is 6.79. The van der Waals surface area contributed by atoms with Gasteiger partial charge in [-0.25, -0.2) is 13.2 Å². The number of ether oxygens (including phenoxy) is 3. The van der Waals surface area contributed by atoms with E-state index in [0.29, 0.717) is 49.9 Å². The summed E-state index contributed by atoms with van der Waals surface area (Å²) in [5, 5.41) is 3.05. The molecule has 0 bridgehead atoms. The van der Waals surface area contributed by atoms with Gasteiger partial charge in [0.2, 0.25) is 10.0 Å². The average Bonchev–Trinajstić information content (AvgIpc) is 3.60. The molecule has 2 heterocycles. The summed E-state index contributed by atoms with van der Waals surface area (Å²) in [7, 11) is -3.73. The van der Waals surface area contributed by atoms with Crippen LogP contribution in [0.1, 0.15) is 38.7 Å². The van der Waals surface area contributed by atoms with Crippen LogP contribution in [-0.2, 0) is 30.7 Å². The Bertz CT molecular complexity index is 1240. The first-order valence-corrected chi connectivity index (χ1v) is 15.7. The van der Waals surface area contributed by atoms with Crippen molar-refractivity contribution in [2.24, 2.45) is 17.8 Å². The summed E-state index contributed by atoms with van der Waals surface area (Å²) in [5.74, 6) is 0.888. The second-order valence-corrected chi connectivity index (χ2v) is 13.7. The summed E-state index contributed by atoms with van der Waals surface area (Å²) in [5.41, 5.74) is 7.34. The topological polar surface area (TPSA) is 120 Å². The highest BCUT2D eigenvalue weighted by Crippen LogP contribution is 2.46. The molecule has 3 aliphatic rings. The van der Waals surface area contributed by atoms with Gasteiger partial charge in [-0.05, 0) is 60.9 Å². The summed E-state index contributed by atoms with van der Waals surface area (Å²) in [4.78, 5) is 13.3. The van der Waals surface area contributed by atoms with E-state index in [-0.39, 0.29) is 41.7 Å². The van der Waals surface area contributed by atoms with Crippen molar-refractivity contribution in [1.82, 2.24) is 9.62 Å². The van der Waals surface area contributed by atoms with Crippen molar-refractivity contribution < 1.29 is 27.4 Å². The molecule has 2 aromatic carbocycles. The molecule has 2 aromatic rings. The van der Waals surface area contributed by atoms with E-state index in [9.17, 15) is 13.2 Å². The lowest BCUT2D eigenvalue weighted by Gasteiger charge is -2.27. The van der Waals surface area contributed by atoms with E-state index in [4.69, 9.17) is 19.9 Å². The van der Waals surface area contributed by atoms with Gasteiger partial charge in [-0.1, -0.05) is 44.2 Å². The Balaban J connectivity index is 1.24. The third-order valence-electron chi connectivity index (χ3n) is 8.21. The number of carbonyl (C=O) groups excluding carboxylic acids is 1. The Morgan fingerprint density at radius 3 is 2.52 bits per heavy atom. The van der Waals surface area contributed by atoms with Crippen LogP contribution in [0.25, 0.3) is 0 Å². The Morgan fingerprint density at radius 2 is 1.80 bits per heavy atom. The van der Waals surface area contributed by atoms with Crippen molar-refractivity contribution in [2.45, 2.75) is 68.8 Å². The van der Waals surface area contributed by atoms with Crippen molar-refractivity contribution in [3.63, 3.8) is 0 Å². The smallest absolute Gasteiger partial charge is 0.407 e. The summed E-state index contributed by atoms with van der Waals surface area (Å²) in [6.45, 7) is 5.98. The fourth-order valence-corrected chi connectivity index (χ4v) is 7.90. The molecule has 0 radical (unpaired) electrons. The largest absolute Gasteiger partial charge is 0.446 e. The van der Waals surface area contributed by atoms with Gasteiger partial charge in [-0.3, -0.25) is 0 Å². The summed E-state index contributed by atoms with van der Waals surface area (Å²) in [6.07, 6.45) is 2.13. The molecular formula is C30H41N3O6S. The monoisotopic (exact) mass is 571 g/mol. The Hall–Kier alpha value is -2.66. The van der Waals surface area contributed by atoms with Crippen LogP contribution in [0.2, 0.25) is 0 Å². The number of anilines is 1. The number of carbonyl (C=O) groups is 1. The van der Waals surface area contributed by atoms with Gasteiger partial charge in [0.15, 0.2) is 0 Å². The summed E-state index contributed by atoms with van der Waals surface area (Å²) < 4.78 is 46.2. The highest BCUT2D eigenvalue weighted by atomic mass is 32.2. The highest BCUT2D eigenvalue weighted by molar-refractivity contribution is 7.89. The molecule has 1 saturated carbocycles. The number of rotatable bonds is 11. The van der Waals surface area contributed by atoms with Gasteiger partial charge in [0.1, 0.15) is 6.10 Å². The van der Waals surface area contributed by atoms with Gasteiger partial charge in [0.05, 0.1) is 30.3 Å². The number of sulfonamides is 1. The van der Waals surface area contributed by atoms with Crippen LogP contribution in [0.4, 0.5) is 10.5 Å². The zero-order valence-electron chi connectivity index (χ0n) is 23.3. The average molecular weight is 572 g/mol. The molecule has 0 spiro atoms. The van der Waals surface area contributed by atoms with E-state index in [1.165, 1.54) is 16.4 Å². The number of nitrogens with two attached hydrogens (primary N) is 1. The second kappa shape index (κ2) is 12.5. The normalized spacial score (nSPS) is 26.6. The highest BCUT2D eigenvalue weighted by Gasteiger charge is 2.52. The fraction of sp³-hybridized carbons (Fsp3) is 0.567. The molecule has 1 amide bonds. The number of hydrogen-bond donors (Lipinski definition) is 2. The zero-order valence-corrected chi connectivity index (χ0v) is 24.1. The quantitative estimate of drug-likeness (QED) is 0.393. The van der Waals surface area contributed by atoms with Crippen molar-refractivity contribution >= 4 is 21.8 Å². The molecule has 2 saturated heterocycles. The fourth-order valence-electron chi connectivity index (χ4n) is 6.29. The third-order valence-corrected chi connectivity index (χ3v) is 10.1. The first kappa shape index (κ1) is 28.9. The number of nitrogen functional groups attached to an aromatic ring is 1. The van der Waals surface area contributed by atoms with E-state index in [1.54, 1.807) is 12.1 Å². The van der Waals surface area contributed by atoms with Gasteiger partial charge in [-0.2, -0.15) is 4.31 Å². The lowest BCUT2D eigenvalue weighted by molar-refractivity contribution is 0.00563. The van der Waals surface area contributed by atoms with E-state index in [0.717, 1.165) is 18.6 Å². The number of nitrogens with one attached hydrogen (secondary N) is 1. The number of benzene rings is 2. The molecule has 1 aliphatic carbocycles. The van der Waals surface area contributed by atoms with Crippen LogP contribution in [0.15, 0.2) is 59.5 Å². The SMILES string of the molecule is CC(C)CN(CCC(Cc1ccccc1)NC(=O)OC1CC2OC3COCC3C2C1)S(=O)(=O)c1ccc(N)cc1. The van der Waals surface area contributed by atoms with Crippen molar-refractivity contribution in [1.29, 1.82) is 0 Å². The van der Waals surface area contributed by atoms with E-state index in [2.05, 4.69) is 5.32 Å². The lowest BCUT2D eigenvalue weighted by Crippen LogP contribution is -2.42. The maximum absolute atomic E-state index is 13.5. The van der Waals surface area contributed by atoms with Crippen LogP contribution in [0.3, 0.4) is 0 Å². The van der Waals surface area contributed by atoms with Crippen LogP contribution >= 0.6 is 0 Å². The molecule has 3 fully saturated rings. The van der Waals surface area contributed by atoms with Gasteiger partial charge >= 0.3 is 6.09 Å². The van der Waals surface area contributed by atoms with Crippen molar-refractivity contribution in [2.75, 3.05) is 32.0 Å².